The summed E-state index contributed by atoms with van der Waals surface area (Å²) in [6.45, 7) is 8.98. The van der Waals surface area contributed by atoms with E-state index in [4.69, 9.17) is 4.74 Å². The molecule has 3 unspecified atom stereocenters. The number of esters is 1. The molecule has 3 atom stereocenters. The van der Waals surface area contributed by atoms with Crippen LogP contribution < -0.4 is 0 Å². The number of carbonyl (C=O) groups is 1. The Labute approximate surface area is 153 Å². The van der Waals surface area contributed by atoms with Crippen LogP contribution in [0.25, 0.3) is 0 Å². The van der Waals surface area contributed by atoms with E-state index < -0.39 is 0 Å². The van der Waals surface area contributed by atoms with Crippen LogP contribution in [0.5, 0.6) is 0 Å². The molecule has 0 aromatic heterocycles. The fourth-order valence-corrected chi connectivity index (χ4v) is 3.90. The third kappa shape index (κ3) is 5.82. The van der Waals surface area contributed by atoms with Gasteiger partial charge in [-0.1, -0.05) is 44.2 Å². The Hall–Kier alpha value is -1.39. The van der Waals surface area contributed by atoms with Crippen LogP contribution in [0.3, 0.4) is 0 Å². The molecule has 1 aliphatic rings. The van der Waals surface area contributed by atoms with Gasteiger partial charge in [0, 0.05) is 12.6 Å². The molecular formula is C21H34N2O2. The summed E-state index contributed by atoms with van der Waals surface area (Å²) in [4.78, 5) is 17.2. The highest BCUT2D eigenvalue weighted by Gasteiger charge is 2.36. The summed E-state index contributed by atoms with van der Waals surface area (Å²) in [6.07, 6.45) is 2.31. The lowest BCUT2D eigenvalue weighted by atomic mass is 9.84. The molecular weight excluding hydrogens is 312 g/mol. The summed E-state index contributed by atoms with van der Waals surface area (Å²) in [5.74, 6) is 1.14. The Morgan fingerprint density at radius 3 is 2.52 bits per heavy atom. The third-order valence-electron chi connectivity index (χ3n) is 5.25. The van der Waals surface area contributed by atoms with E-state index in [2.05, 4.69) is 37.7 Å². The molecule has 4 heteroatoms. The van der Waals surface area contributed by atoms with Gasteiger partial charge in [-0.3, -0.25) is 9.69 Å². The molecule has 0 saturated carbocycles. The van der Waals surface area contributed by atoms with Crippen molar-refractivity contribution in [1.82, 2.24) is 9.80 Å². The van der Waals surface area contributed by atoms with Crippen molar-refractivity contribution in [3.05, 3.63) is 35.9 Å². The molecule has 2 rings (SSSR count). The van der Waals surface area contributed by atoms with Crippen LogP contribution in [0.2, 0.25) is 0 Å². The lowest BCUT2D eigenvalue weighted by molar-refractivity contribution is -0.153. The average Bonchev–Trinajstić information content (AvgIpc) is 2.59. The molecule has 0 bridgehead atoms. The van der Waals surface area contributed by atoms with E-state index >= 15 is 0 Å². The van der Waals surface area contributed by atoms with E-state index in [1.54, 1.807) is 0 Å². The number of nitrogens with zero attached hydrogens (tertiary/aromatic N) is 2. The molecule has 0 N–H and O–H groups in total. The second kappa shape index (κ2) is 9.35. The van der Waals surface area contributed by atoms with E-state index in [9.17, 15) is 4.79 Å². The quantitative estimate of drug-likeness (QED) is 0.708. The number of hydrogen-bond donors (Lipinski definition) is 0. The maximum absolute atomic E-state index is 12.6. The third-order valence-corrected chi connectivity index (χ3v) is 5.25. The minimum Gasteiger partial charge on any atom is -0.460 e. The Morgan fingerprint density at radius 1 is 1.24 bits per heavy atom. The SMILES string of the molecule is CC(C)C1CC(CN(C)C)CCN1C(C)C(=O)OCc1ccccc1. The molecule has 25 heavy (non-hydrogen) atoms. The highest BCUT2D eigenvalue weighted by Crippen LogP contribution is 2.30. The van der Waals surface area contributed by atoms with Gasteiger partial charge >= 0.3 is 5.97 Å². The van der Waals surface area contributed by atoms with E-state index in [1.807, 2.05) is 37.3 Å². The zero-order valence-corrected chi connectivity index (χ0v) is 16.4. The minimum atomic E-state index is -0.184. The van der Waals surface area contributed by atoms with Crippen molar-refractivity contribution in [3.63, 3.8) is 0 Å². The van der Waals surface area contributed by atoms with Crippen LogP contribution in [0, 0.1) is 11.8 Å². The van der Waals surface area contributed by atoms with Gasteiger partial charge in [-0.25, -0.2) is 0 Å². The van der Waals surface area contributed by atoms with Crippen LogP contribution in [-0.2, 0) is 16.1 Å². The molecule has 1 aromatic rings. The maximum atomic E-state index is 12.6. The molecule has 0 radical (unpaired) electrons. The molecule has 0 spiro atoms. The first kappa shape index (κ1) is 19.9. The molecule has 0 aliphatic carbocycles. The van der Waals surface area contributed by atoms with Gasteiger partial charge in [-0.2, -0.15) is 0 Å². The van der Waals surface area contributed by atoms with Crippen molar-refractivity contribution in [2.45, 2.75) is 52.3 Å². The number of likely N-dealkylation sites (tertiary alicyclic amines) is 1. The summed E-state index contributed by atoms with van der Waals surface area (Å²) in [6, 6.07) is 10.1. The minimum absolute atomic E-state index is 0.111. The Balaban J connectivity index is 1.94. The van der Waals surface area contributed by atoms with Gasteiger partial charge in [0.2, 0.25) is 0 Å². The predicted molar refractivity (Wildman–Crippen MR) is 102 cm³/mol. The van der Waals surface area contributed by atoms with Crippen LogP contribution in [0.1, 0.15) is 39.2 Å². The number of ether oxygens (including phenoxy) is 1. The number of hydrogen-bond acceptors (Lipinski definition) is 4. The van der Waals surface area contributed by atoms with Gasteiger partial charge in [0.1, 0.15) is 12.6 Å². The summed E-state index contributed by atoms with van der Waals surface area (Å²) in [5, 5.41) is 0. The second-order valence-corrected chi connectivity index (χ2v) is 7.97. The van der Waals surface area contributed by atoms with Gasteiger partial charge in [-0.15, -0.1) is 0 Å². The molecule has 1 aromatic carbocycles. The van der Waals surface area contributed by atoms with E-state index in [0.29, 0.717) is 24.5 Å². The number of benzene rings is 1. The summed E-state index contributed by atoms with van der Waals surface area (Å²) >= 11 is 0. The van der Waals surface area contributed by atoms with Crippen molar-refractivity contribution >= 4 is 5.97 Å². The fourth-order valence-electron chi connectivity index (χ4n) is 3.90. The van der Waals surface area contributed by atoms with Crippen LogP contribution in [0.4, 0.5) is 0 Å². The van der Waals surface area contributed by atoms with Crippen molar-refractivity contribution in [1.29, 1.82) is 0 Å². The first-order chi connectivity index (χ1) is 11.9. The lowest BCUT2D eigenvalue weighted by Crippen LogP contribution is -2.53. The molecule has 4 nitrogen and oxygen atoms in total. The number of carbonyl (C=O) groups excluding carboxylic acids is 1. The number of piperidine rings is 1. The normalized spacial score (nSPS) is 23.0. The van der Waals surface area contributed by atoms with Crippen molar-refractivity contribution in [3.8, 4) is 0 Å². The van der Waals surface area contributed by atoms with Gasteiger partial charge in [-0.05, 0) is 57.8 Å². The highest BCUT2D eigenvalue weighted by molar-refractivity contribution is 5.75. The van der Waals surface area contributed by atoms with Gasteiger partial charge in [0.05, 0.1) is 0 Å². The summed E-state index contributed by atoms with van der Waals surface area (Å²) in [7, 11) is 4.28. The largest absolute Gasteiger partial charge is 0.460 e. The molecule has 1 fully saturated rings. The van der Waals surface area contributed by atoms with Gasteiger partial charge in [0.15, 0.2) is 0 Å². The second-order valence-electron chi connectivity index (χ2n) is 7.97. The first-order valence-electron chi connectivity index (χ1n) is 9.49. The monoisotopic (exact) mass is 346 g/mol. The molecule has 0 amide bonds. The standard InChI is InChI=1S/C21H34N2O2/c1-16(2)20-13-19(14-22(4)5)11-12-23(20)17(3)21(24)25-15-18-9-7-6-8-10-18/h6-10,16-17,19-20H,11-15H2,1-5H3. The first-order valence-corrected chi connectivity index (χ1v) is 9.49. The Morgan fingerprint density at radius 2 is 1.92 bits per heavy atom. The van der Waals surface area contributed by atoms with Gasteiger partial charge in [0.25, 0.3) is 0 Å². The van der Waals surface area contributed by atoms with E-state index in [0.717, 1.165) is 31.5 Å². The topological polar surface area (TPSA) is 32.8 Å². The average molecular weight is 347 g/mol. The van der Waals surface area contributed by atoms with Crippen LogP contribution >= 0.6 is 0 Å². The lowest BCUT2D eigenvalue weighted by Gasteiger charge is -2.44. The van der Waals surface area contributed by atoms with E-state index in [1.165, 1.54) is 0 Å². The van der Waals surface area contributed by atoms with Crippen molar-refractivity contribution in [2.24, 2.45) is 11.8 Å². The van der Waals surface area contributed by atoms with E-state index in [-0.39, 0.29) is 12.0 Å². The Kier molecular flexibility index (Phi) is 7.45. The molecule has 1 heterocycles. The van der Waals surface area contributed by atoms with Crippen molar-refractivity contribution in [2.75, 3.05) is 27.2 Å². The van der Waals surface area contributed by atoms with Crippen LogP contribution in [-0.4, -0.2) is 55.0 Å². The number of rotatable bonds is 7. The smallest absolute Gasteiger partial charge is 0.323 e. The maximum Gasteiger partial charge on any atom is 0.323 e. The Bertz CT molecular complexity index is 530. The summed E-state index contributed by atoms with van der Waals surface area (Å²) in [5.41, 5.74) is 1.04. The van der Waals surface area contributed by atoms with Gasteiger partial charge < -0.3 is 9.64 Å². The molecule has 140 valence electrons. The summed E-state index contributed by atoms with van der Waals surface area (Å²) < 4.78 is 5.57. The molecule has 1 saturated heterocycles. The zero-order valence-electron chi connectivity index (χ0n) is 16.4. The highest BCUT2D eigenvalue weighted by atomic mass is 16.5. The van der Waals surface area contributed by atoms with Crippen molar-refractivity contribution < 1.29 is 9.53 Å². The fraction of sp³-hybridized carbons (Fsp3) is 0.667. The molecule has 1 aliphatic heterocycles. The van der Waals surface area contributed by atoms with Crippen LogP contribution in [0.15, 0.2) is 30.3 Å². The predicted octanol–water partition coefficient (Wildman–Crippen LogP) is 3.42. The zero-order chi connectivity index (χ0) is 18.4.